The van der Waals surface area contributed by atoms with Crippen molar-refractivity contribution < 1.29 is 5.11 Å². The number of hydrogen-bond donors (Lipinski definition) is 2. The van der Waals surface area contributed by atoms with Gasteiger partial charge in [-0.05, 0) is 56.8 Å². The van der Waals surface area contributed by atoms with Gasteiger partial charge in [0.1, 0.15) is 5.75 Å². The van der Waals surface area contributed by atoms with Crippen LogP contribution in [0.4, 0.5) is 5.69 Å². The van der Waals surface area contributed by atoms with Crippen LogP contribution in [0.2, 0.25) is 0 Å². The number of phenolic OH excluding ortho intramolecular Hbond substituents is 1. The third-order valence-corrected chi connectivity index (χ3v) is 5.94. The molecule has 1 unspecified atom stereocenters. The molecule has 3 rings (SSSR count). The van der Waals surface area contributed by atoms with E-state index in [1.807, 2.05) is 25.2 Å². The fourth-order valence-electron chi connectivity index (χ4n) is 4.37. The number of halogens is 1. The second-order valence-electron chi connectivity index (χ2n) is 8.19. The molecule has 0 radical (unpaired) electrons. The molecule has 0 saturated carbocycles. The Morgan fingerprint density at radius 1 is 1.14 bits per heavy atom. The lowest BCUT2D eigenvalue weighted by Gasteiger charge is -2.37. The predicted molar refractivity (Wildman–Crippen MR) is 133 cm³/mol. The van der Waals surface area contributed by atoms with Gasteiger partial charge in [0.25, 0.3) is 0 Å². The highest BCUT2D eigenvalue weighted by atomic mass is 127. The van der Waals surface area contributed by atoms with Crippen LogP contribution in [0.1, 0.15) is 32.6 Å². The summed E-state index contributed by atoms with van der Waals surface area (Å²) >= 11 is 0. The van der Waals surface area contributed by atoms with Crippen LogP contribution in [0.3, 0.4) is 0 Å². The first kappa shape index (κ1) is 24.1. The summed E-state index contributed by atoms with van der Waals surface area (Å²) in [7, 11) is 1.87. The summed E-state index contributed by atoms with van der Waals surface area (Å²) in [6, 6.07) is 7.59. The van der Waals surface area contributed by atoms with Crippen LogP contribution in [0, 0.1) is 5.92 Å². The van der Waals surface area contributed by atoms with Gasteiger partial charge in [0.2, 0.25) is 0 Å². The first-order valence-electron chi connectivity index (χ1n) is 10.9. The molecule has 1 aromatic rings. The van der Waals surface area contributed by atoms with Crippen LogP contribution in [-0.4, -0.2) is 80.3 Å². The quantitative estimate of drug-likeness (QED) is 0.264. The molecule has 0 aliphatic carbocycles. The SMILES string of the molecule is CN=C(NCCCCN1CCCC(C)C1)N1CCN(c2ccccc2O)CC1.I. The molecule has 6 nitrogen and oxygen atoms in total. The van der Waals surface area contributed by atoms with Gasteiger partial charge in [-0.25, -0.2) is 0 Å². The van der Waals surface area contributed by atoms with Gasteiger partial charge in [-0.2, -0.15) is 0 Å². The molecular weight excluding hydrogens is 477 g/mol. The maximum Gasteiger partial charge on any atom is 0.193 e. The van der Waals surface area contributed by atoms with Crippen LogP contribution < -0.4 is 10.2 Å². The molecule has 1 aromatic carbocycles. The second kappa shape index (κ2) is 12.5. The molecule has 0 amide bonds. The summed E-state index contributed by atoms with van der Waals surface area (Å²) in [6.45, 7) is 10.8. The van der Waals surface area contributed by atoms with Gasteiger partial charge in [-0.15, -0.1) is 24.0 Å². The number of aliphatic imine (C=N–C) groups is 1. The number of piperidine rings is 1. The first-order chi connectivity index (χ1) is 13.7. The van der Waals surface area contributed by atoms with Gasteiger partial charge >= 0.3 is 0 Å². The minimum Gasteiger partial charge on any atom is -0.506 e. The van der Waals surface area contributed by atoms with Gasteiger partial charge in [-0.1, -0.05) is 19.1 Å². The number of hydrogen-bond acceptors (Lipinski definition) is 4. The molecule has 2 aliphatic heterocycles. The first-order valence-corrected chi connectivity index (χ1v) is 10.9. The number of anilines is 1. The second-order valence-corrected chi connectivity index (χ2v) is 8.19. The number of likely N-dealkylation sites (tertiary alicyclic amines) is 1. The standard InChI is InChI=1S/C22H37N5O.HI/c1-19-8-7-13-25(18-19)12-6-5-11-24-22(23-2)27-16-14-26(15-17-27)20-9-3-4-10-21(20)28;/h3-4,9-10,19,28H,5-8,11-18H2,1-2H3,(H,23,24);1H. The normalized spacial score (nSPS) is 21.0. The number of guanidine groups is 1. The maximum absolute atomic E-state index is 10.1. The molecule has 164 valence electrons. The fraction of sp³-hybridized carbons (Fsp3) is 0.682. The topological polar surface area (TPSA) is 54.3 Å². The predicted octanol–water partition coefficient (Wildman–Crippen LogP) is 3.22. The van der Waals surface area contributed by atoms with Crippen molar-refractivity contribution >= 4 is 35.6 Å². The highest BCUT2D eigenvalue weighted by Gasteiger charge is 2.21. The van der Waals surface area contributed by atoms with Crippen molar-refractivity contribution in [3.05, 3.63) is 24.3 Å². The number of rotatable bonds is 6. The number of benzene rings is 1. The Balaban J connectivity index is 0.00000300. The molecule has 2 aliphatic rings. The Morgan fingerprint density at radius 3 is 2.59 bits per heavy atom. The Bertz CT molecular complexity index is 633. The Labute approximate surface area is 193 Å². The van der Waals surface area contributed by atoms with Crippen molar-refractivity contribution in [2.75, 3.05) is 64.3 Å². The van der Waals surface area contributed by atoms with Gasteiger partial charge in [0.05, 0.1) is 5.69 Å². The van der Waals surface area contributed by atoms with Crippen molar-refractivity contribution in [3.63, 3.8) is 0 Å². The Hall–Kier alpha value is -1.22. The molecule has 2 fully saturated rings. The fourth-order valence-corrected chi connectivity index (χ4v) is 4.37. The zero-order valence-corrected chi connectivity index (χ0v) is 20.3. The largest absolute Gasteiger partial charge is 0.506 e. The van der Waals surface area contributed by atoms with Crippen LogP contribution >= 0.6 is 24.0 Å². The van der Waals surface area contributed by atoms with E-state index in [0.717, 1.165) is 50.3 Å². The molecule has 29 heavy (non-hydrogen) atoms. The summed E-state index contributed by atoms with van der Waals surface area (Å²) in [4.78, 5) is 11.7. The molecule has 7 heteroatoms. The van der Waals surface area contributed by atoms with Crippen LogP contribution in [0.25, 0.3) is 0 Å². The summed E-state index contributed by atoms with van der Waals surface area (Å²) in [5.41, 5.74) is 0.928. The number of nitrogens with one attached hydrogen (secondary N) is 1. The van der Waals surface area contributed by atoms with Crippen LogP contribution in [0.15, 0.2) is 29.3 Å². The van der Waals surface area contributed by atoms with E-state index in [1.54, 1.807) is 6.07 Å². The van der Waals surface area contributed by atoms with E-state index >= 15 is 0 Å². The Kier molecular flexibility index (Phi) is 10.3. The number of para-hydroxylation sites is 2. The van der Waals surface area contributed by atoms with Crippen molar-refractivity contribution in [2.24, 2.45) is 10.9 Å². The number of nitrogens with zero attached hydrogens (tertiary/aromatic N) is 4. The van der Waals surface area contributed by atoms with Gasteiger partial charge < -0.3 is 25.1 Å². The smallest absolute Gasteiger partial charge is 0.193 e. The zero-order valence-electron chi connectivity index (χ0n) is 18.0. The summed E-state index contributed by atoms with van der Waals surface area (Å²) in [6.07, 6.45) is 5.18. The van der Waals surface area contributed by atoms with E-state index in [9.17, 15) is 5.11 Å². The molecule has 1 atom stereocenters. The van der Waals surface area contributed by atoms with E-state index in [1.165, 1.54) is 45.3 Å². The van der Waals surface area contributed by atoms with Crippen molar-refractivity contribution in [3.8, 4) is 5.75 Å². The number of aromatic hydroxyl groups is 1. The average molecular weight is 515 g/mol. The molecule has 2 heterocycles. The molecule has 0 bridgehead atoms. The van der Waals surface area contributed by atoms with E-state index < -0.39 is 0 Å². The number of phenols is 1. The third-order valence-electron chi connectivity index (χ3n) is 5.94. The molecule has 2 saturated heterocycles. The van der Waals surface area contributed by atoms with Gasteiger partial charge in [0.15, 0.2) is 5.96 Å². The number of piperazine rings is 1. The summed E-state index contributed by atoms with van der Waals surface area (Å²) in [5.74, 6) is 2.23. The molecular formula is C22H38IN5O. The maximum atomic E-state index is 10.1. The minimum absolute atomic E-state index is 0. The van der Waals surface area contributed by atoms with E-state index in [4.69, 9.17) is 0 Å². The van der Waals surface area contributed by atoms with Crippen molar-refractivity contribution in [1.29, 1.82) is 0 Å². The lowest BCUT2D eigenvalue weighted by atomic mass is 10.0. The Morgan fingerprint density at radius 2 is 1.90 bits per heavy atom. The monoisotopic (exact) mass is 515 g/mol. The average Bonchev–Trinajstić information content (AvgIpc) is 2.71. The highest BCUT2D eigenvalue weighted by Crippen LogP contribution is 2.27. The van der Waals surface area contributed by atoms with Crippen molar-refractivity contribution in [2.45, 2.75) is 32.6 Å². The van der Waals surface area contributed by atoms with Gasteiger partial charge in [0, 0.05) is 46.3 Å². The summed E-state index contributed by atoms with van der Waals surface area (Å²) in [5, 5.41) is 13.6. The molecule has 0 spiro atoms. The van der Waals surface area contributed by atoms with Gasteiger partial charge in [-0.3, -0.25) is 4.99 Å². The lowest BCUT2D eigenvalue weighted by molar-refractivity contribution is 0.181. The van der Waals surface area contributed by atoms with E-state index in [2.05, 4.69) is 31.9 Å². The minimum atomic E-state index is 0. The van der Waals surface area contributed by atoms with Crippen LogP contribution in [-0.2, 0) is 0 Å². The molecule has 0 aromatic heterocycles. The zero-order chi connectivity index (χ0) is 19.8. The third kappa shape index (κ3) is 7.20. The number of unbranched alkanes of at least 4 members (excludes halogenated alkanes) is 1. The van der Waals surface area contributed by atoms with Crippen LogP contribution in [0.5, 0.6) is 5.75 Å². The van der Waals surface area contributed by atoms with E-state index in [-0.39, 0.29) is 24.0 Å². The van der Waals surface area contributed by atoms with Crippen molar-refractivity contribution in [1.82, 2.24) is 15.1 Å². The molecule has 2 N–H and O–H groups in total. The highest BCUT2D eigenvalue weighted by molar-refractivity contribution is 14.0. The lowest BCUT2D eigenvalue weighted by Crippen LogP contribution is -2.52. The van der Waals surface area contributed by atoms with E-state index in [0.29, 0.717) is 5.75 Å². The summed E-state index contributed by atoms with van der Waals surface area (Å²) < 4.78 is 0.